The van der Waals surface area contributed by atoms with Crippen LogP contribution in [0, 0.1) is 5.41 Å². The number of methoxy groups -OCH3 is 1. The van der Waals surface area contributed by atoms with E-state index in [1.807, 2.05) is 13.8 Å². The molecule has 1 aromatic carbocycles. The van der Waals surface area contributed by atoms with E-state index in [0.717, 1.165) is 6.42 Å². The van der Waals surface area contributed by atoms with Crippen molar-refractivity contribution in [3.8, 4) is 5.75 Å². The van der Waals surface area contributed by atoms with Gasteiger partial charge in [0.15, 0.2) is 6.61 Å². The summed E-state index contributed by atoms with van der Waals surface area (Å²) < 4.78 is 10.1. The quantitative estimate of drug-likeness (QED) is 0.817. The highest BCUT2D eigenvalue weighted by molar-refractivity contribution is 5.91. The van der Waals surface area contributed by atoms with E-state index >= 15 is 0 Å². The predicted octanol–water partition coefficient (Wildman–Crippen LogP) is 3.18. The molecule has 0 heterocycles. The first-order valence-electron chi connectivity index (χ1n) is 7.65. The van der Waals surface area contributed by atoms with Crippen molar-refractivity contribution in [2.24, 2.45) is 5.41 Å². The zero-order valence-electron chi connectivity index (χ0n) is 14.9. The number of carbonyl (C=O) groups excluding carboxylic acids is 2. The van der Waals surface area contributed by atoms with E-state index in [1.54, 1.807) is 24.3 Å². The first-order valence-corrected chi connectivity index (χ1v) is 7.65. The molecule has 0 bridgehead atoms. The van der Waals surface area contributed by atoms with Crippen LogP contribution in [0.4, 0.5) is 0 Å². The van der Waals surface area contributed by atoms with Gasteiger partial charge in [-0.3, -0.25) is 4.79 Å². The number of hydrogen-bond donors (Lipinski definition) is 1. The molecule has 0 aliphatic heterocycles. The van der Waals surface area contributed by atoms with Gasteiger partial charge in [0, 0.05) is 5.54 Å². The Morgan fingerprint density at radius 2 is 1.78 bits per heavy atom. The minimum atomic E-state index is -0.548. The standard InChI is InChI=1S/C18H27NO4/c1-17(2,3)12-18(4,5)19-15(20)11-23-16(21)13-8-7-9-14(10-13)22-6/h7-10H,11-12H2,1-6H3,(H,19,20). The monoisotopic (exact) mass is 321 g/mol. The maximum absolute atomic E-state index is 12.0. The Balaban J connectivity index is 2.54. The summed E-state index contributed by atoms with van der Waals surface area (Å²) in [6.07, 6.45) is 0.815. The molecule has 1 amide bonds. The summed E-state index contributed by atoms with van der Waals surface area (Å²) in [5, 5.41) is 2.90. The van der Waals surface area contributed by atoms with E-state index in [0.29, 0.717) is 11.3 Å². The minimum absolute atomic E-state index is 0.0913. The highest BCUT2D eigenvalue weighted by atomic mass is 16.5. The van der Waals surface area contributed by atoms with Crippen molar-refractivity contribution in [2.45, 2.75) is 46.6 Å². The second-order valence-electron chi connectivity index (χ2n) is 7.48. The van der Waals surface area contributed by atoms with Crippen LogP contribution in [-0.4, -0.2) is 31.1 Å². The fourth-order valence-electron chi connectivity index (χ4n) is 2.75. The van der Waals surface area contributed by atoms with E-state index in [4.69, 9.17) is 9.47 Å². The lowest BCUT2D eigenvalue weighted by molar-refractivity contribution is -0.126. The lowest BCUT2D eigenvalue weighted by Gasteiger charge is -2.33. The Hall–Kier alpha value is -2.04. The minimum Gasteiger partial charge on any atom is -0.497 e. The van der Waals surface area contributed by atoms with Crippen molar-refractivity contribution in [3.63, 3.8) is 0 Å². The van der Waals surface area contributed by atoms with Crippen LogP contribution in [0.15, 0.2) is 24.3 Å². The van der Waals surface area contributed by atoms with Crippen LogP contribution in [0.2, 0.25) is 0 Å². The van der Waals surface area contributed by atoms with Gasteiger partial charge >= 0.3 is 5.97 Å². The zero-order valence-corrected chi connectivity index (χ0v) is 14.9. The van der Waals surface area contributed by atoms with Crippen molar-refractivity contribution < 1.29 is 19.1 Å². The van der Waals surface area contributed by atoms with Crippen LogP contribution in [0.3, 0.4) is 0 Å². The van der Waals surface area contributed by atoms with Crippen molar-refractivity contribution in [2.75, 3.05) is 13.7 Å². The average molecular weight is 321 g/mol. The van der Waals surface area contributed by atoms with Gasteiger partial charge in [-0.2, -0.15) is 0 Å². The smallest absolute Gasteiger partial charge is 0.338 e. The van der Waals surface area contributed by atoms with Gasteiger partial charge in [-0.15, -0.1) is 0 Å². The number of ether oxygens (including phenoxy) is 2. The molecule has 0 atom stereocenters. The average Bonchev–Trinajstić information content (AvgIpc) is 2.41. The van der Waals surface area contributed by atoms with E-state index in [2.05, 4.69) is 26.1 Å². The lowest BCUT2D eigenvalue weighted by Crippen LogP contribution is -2.47. The van der Waals surface area contributed by atoms with Gasteiger partial charge in [0.2, 0.25) is 0 Å². The van der Waals surface area contributed by atoms with Gasteiger partial charge in [0.25, 0.3) is 5.91 Å². The second kappa shape index (κ2) is 7.49. The van der Waals surface area contributed by atoms with Crippen LogP contribution in [0.1, 0.15) is 51.4 Å². The third kappa shape index (κ3) is 7.17. The van der Waals surface area contributed by atoms with Crippen LogP contribution in [0.5, 0.6) is 5.75 Å². The first-order chi connectivity index (χ1) is 10.5. The SMILES string of the molecule is COc1cccc(C(=O)OCC(=O)NC(C)(C)CC(C)(C)C)c1. The van der Waals surface area contributed by atoms with Crippen molar-refractivity contribution >= 4 is 11.9 Å². The molecule has 0 fully saturated rings. The second-order valence-corrected chi connectivity index (χ2v) is 7.48. The van der Waals surface area contributed by atoms with Crippen molar-refractivity contribution in [1.29, 1.82) is 0 Å². The Bertz CT molecular complexity index is 558. The van der Waals surface area contributed by atoms with Crippen LogP contribution >= 0.6 is 0 Å². The van der Waals surface area contributed by atoms with Gasteiger partial charge in [-0.25, -0.2) is 4.79 Å². The molecule has 0 aliphatic carbocycles. The highest BCUT2D eigenvalue weighted by Gasteiger charge is 2.27. The molecule has 0 saturated heterocycles. The van der Waals surface area contributed by atoms with E-state index < -0.39 is 5.97 Å². The number of carbonyl (C=O) groups is 2. The van der Waals surface area contributed by atoms with Crippen LogP contribution in [0.25, 0.3) is 0 Å². The molecule has 0 radical (unpaired) electrons. The maximum atomic E-state index is 12.0. The summed E-state index contributed by atoms with van der Waals surface area (Å²) in [5.74, 6) is -0.293. The molecular weight excluding hydrogens is 294 g/mol. The topological polar surface area (TPSA) is 64.6 Å². The Morgan fingerprint density at radius 3 is 2.35 bits per heavy atom. The summed E-state index contributed by atoms with van der Waals surface area (Å²) in [7, 11) is 1.52. The normalized spacial score (nSPS) is 11.7. The van der Waals surface area contributed by atoms with Gasteiger partial charge in [0.05, 0.1) is 12.7 Å². The fourth-order valence-corrected chi connectivity index (χ4v) is 2.75. The Kier molecular flexibility index (Phi) is 6.19. The third-order valence-corrected chi connectivity index (χ3v) is 3.09. The maximum Gasteiger partial charge on any atom is 0.338 e. The first kappa shape index (κ1) is 19.0. The molecule has 0 aromatic heterocycles. The molecule has 23 heavy (non-hydrogen) atoms. The van der Waals surface area contributed by atoms with Crippen LogP contribution < -0.4 is 10.1 Å². The molecule has 128 valence electrons. The Labute approximate surface area is 138 Å². The molecule has 1 rings (SSSR count). The number of amides is 1. The molecule has 5 heteroatoms. The fraction of sp³-hybridized carbons (Fsp3) is 0.556. The molecule has 0 spiro atoms. The van der Waals surface area contributed by atoms with Crippen molar-refractivity contribution in [3.05, 3.63) is 29.8 Å². The van der Waals surface area contributed by atoms with E-state index in [9.17, 15) is 9.59 Å². The number of esters is 1. The third-order valence-electron chi connectivity index (χ3n) is 3.09. The number of benzene rings is 1. The lowest BCUT2D eigenvalue weighted by atomic mass is 9.82. The van der Waals surface area contributed by atoms with Gasteiger partial charge in [-0.1, -0.05) is 26.8 Å². The molecule has 1 N–H and O–H groups in total. The summed E-state index contributed by atoms with van der Waals surface area (Å²) in [4.78, 5) is 23.9. The zero-order chi connectivity index (χ0) is 17.7. The molecule has 0 unspecified atom stereocenters. The van der Waals surface area contributed by atoms with Crippen molar-refractivity contribution in [1.82, 2.24) is 5.32 Å². The molecule has 1 aromatic rings. The summed E-state index contributed by atoms with van der Waals surface area (Å²) in [6.45, 7) is 9.96. The van der Waals surface area contributed by atoms with Gasteiger partial charge in [0.1, 0.15) is 5.75 Å². The number of hydrogen-bond acceptors (Lipinski definition) is 4. The number of nitrogens with one attached hydrogen (secondary N) is 1. The van der Waals surface area contributed by atoms with E-state index in [1.165, 1.54) is 7.11 Å². The summed E-state index contributed by atoms with van der Waals surface area (Å²) in [6, 6.07) is 6.62. The molecule has 5 nitrogen and oxygen atoms in total. The molecular formula is C18H27NO4. The molecule has 0 aliphatic rings. The summed E-state index contributed by atoms with van der Waals surface area (Å²) >= 11 is 0. The predicted molar refractivity (Wildman–Crippen MR) is 89.6 cm³/mol. The van der Waals surface area contributed by atoms with Crippen LogP contribution in [-0.2, 0) is 9.53 Å². The van der Waals surface area contributed by atoms with E-state index in [-0.39, 0.29) is 23.5 Å². The molecule has 0 saturated carbocycles. The Morgan fingerprint density at radius 1 is 1.13 bits per heavy atom. The largest absolute Gasteiger partial charge is 0.497 e. The number of rotatable bonds is 6. The van der Waals surface area contributed by atoms with Gasteiger partial charge < -0.3 is 14.8 Å². The van der Waals surface area contributed by atoms with Gasteiger partial charge in [-0.05, 0) is 43.9 Å². The highest BCUT2D eigenvalue weighted by Crippen LogP contribution is 2.26. The summed E-state index contributed by atoms with van der Waals surface area (Å²) in [5.41, 5.74) is 0.0808.